The number of anilines is 1. The van der Waals surface area contributed by atoms with Gasteiger partial charge in [-0.2, -0.15) is 0 Å². The van der Waals surface area contributed by atoms with Crippen molar-refractivity contribution in [1.82, 2.24) is 14.5 Å². The van der Waals surface area contributed by atoms with Crippen molar-refractivity contribution in [2.45, 2.75) is 46.8 Å². The van der Waals surface area contributed by atoms with Crippen molar-refractivity contribution in [2.24, 2.45) is 5.41 Å². The Labute approximate surface area is 199 Å². The molecule has 32 heavy (non-hydrogen) atoms. The van der Waals surface area contributed by atoms with Gasteiger partial charge in [0.15, 0.2) is 0 Å². The number of halogens is 2. The first-order chi connectivity index (χ1) is 15.1. The van der Waals surface area contributed by atoms with Crippen LogP contribution < -0.4 is 5.32 Å². The van der Waals surface area contributed by atoms with Gasteiger partial charge in [0.1, 0.15) is 11.5 Å². The molecule has 1 N–H and O–H groups in total. The molecule has 0 aliphatic carbocycles. The van der Waals surface area contributed by atoms with Gasteiger partial charge in [-0.05, 0) is 43.7 Å². The van der Waals surface area contributed by atoms with Gasteiger partial charge in [0.2, 0.25) is 0 Å². The number of hydrogen-bond donors (Lipinski definition) is 1. The maximum Gasteiger partial charge on any atom is 0.270 e. The lowest BCUT2D eigenvalue weighted by molar-refractivity contribution is 0.0688. The van der Waals surface area contributed by atoms with Crippen molar-refractivity contribution >= 4 is 34.9 Å². The second kappa shape index (κ2) is 8.80. The molecule has 1 aliphatic heterocycles. The minimum absolute atomic E-state index is 0.00695. The van der Waals surface area contributed by atoms with Crippen molar-refractivity contribution in [3.63, 3.8) is 0 Å². The molecule has 1 aliphatic rings. The van der Waals surface area contributed by atoms with Gasteiger partial charge in [0, 0.05) is 59.6 Å². The number of pyridine rings is 1. The van der Waals surface area contributed by atoms with E-state index < -0.39 is 0 Å². The number of amides is 1. The van der Waals surface area contributed by atoms with Crippen LogP contribution in [0.1, 0.15) is 43.7 Å². The first-order valence-corrected chi connectivity index (χ1v) is 11.5. The van der Waals surface area contributed by atoms with Crippen LogP contribution in [0.3, 0.4) is 0 Å². The van der Waals surface area contributed by atoms with Crippen molar-refractivity contribution in [3.05, 3.63) is 70.1 Å². The van der Waals surface area contributed by atoms with E-state index in [0.717, 1.165) is 29.1 Å². The molecular formula is C25H28Cl2N4O. The topological polar surface area (TPSA) is 50.2 Å². The largest absolute Gasteiger partial charge is 0.368 e. The van der Waals surface area contributed by atoms with Crippen molar-refractivity contribution in [3.8, 4) is 11.1 Å². The smallest absolute Gasteiger partial charge is 0.270 e. The summed E-state index contributed by atoms with van der Waals surface area (Å²) < 4.78 is 2.06. The van der Waals surface area contributed by atoms with E-state index >= 15 is 0 Å². The van der Waals surface area contributed by atoms with Crippen LogP contribution in [0, 0.1) is 5.41 Å². The van der Waals surface area contributed by atoms with E-state index in [2.05, 4.69) is 42.6 Å². The van der Waals surface area contributed by atoms with Gasteiger partial charge >= 0.3 is 0 Å². The standard InChI is InChI=1S/C25H28Cl2N4O/c1-16(2)29-23-10-20(21(27)11-28-23)18-9-22-24(32)31(12-17-6-5-7-19(26)8-17)15-25(3,4)14-30(22)13-18/h5-11,13,16H,12,14-15H2,1-4H3,(H,28,29). The van der Waals surface area contributed by atoms with E-state index in [1.807, 2.05) is 47.5 Å². The van der Waals surface area contributed by atoms with Crippen LogP contribution in [0.5, 0.6) is 0 Å². The van der Waals surface area contributed by atoms with Gasteiger partial charge in [-0.15, -0.1) is 0 Å². The number of carbonyl (C=O) groups excluding carboxylic acids is 1. The number of benzene rings is 1. The molecule has 1 amide bonds. The summed E-state index contributed by atoms with van der Waals surface area (Å²) in [5, 5.41) is 4.54. The Hall–Kier alpha value is -2.50. The summed E-state index contributed by atoms with van der Waals surface area (Å²) in [6, 6.07) is 11.8. The average molecular weight is 471 g/mol. The molecule has 1 aromatic carbocycles. The Morgan fingerprint density at radius 3 is 2.66 bits per heavy atom. The first-order valence-electron chi connectivity index (χ1n) is 10.8. The first kappa shape index (κ1) is 22.7. The summed E-state index contributed by atoms with van der Waals surface area (Å²) >= 11 is 12.7. The molecule has 3 heterocycles. The van der Waals surface area contributed by atoms with E-state index in [1.165, 1.54) is 0 Å². The molecule has 7 heteroatoms. The quantitative estimate of drug-likeness (QED) is 0.471. The number of nitrogens with zero attached hydrogens (tertiary/aromatic N) is 3. The Morgan fingerprint density at radius 2 is 1.94 bits per heavy atom. The van der Waals surface area contributed by atoms with Crippen LogP contribution in [-0.2, 0) is 13.1 Å². The van der Waals surface area contributed by atoms with Crippen molar-refractivity contribution in [2.75, 3.05) is 11.9 Å². The van der Waals surface area contributed by atoms with E-state index in [4.69, 9.17) is 23.2 Å². The molecule has 0 radical (unpaired) electrons. The highest BCUT2D eigenvalue weighted by Crippen LogP contribution is 2.35. The molecule has 3 aromatic rings. The third kappa shape index (κ3) is 4.94. The Balaban J connectivity index is 1.71. The molecule has 0 fully saturated rings. The highest BCUT2D eigenvalue weighted by Gasteiger charge is 2.33. The van der Waals surface area contributed by atoms with Gasteiger partial charge in [-0.25, -0.2) is 4.98 Å². The van der Waals surface area contributed by atoms with Gasteiger partial charge < -0.3 is 14.8 Å². The number of rotatable bonds is 5. The third-order valence-corrected chi connectivity index (χ3v) is 6.02. The summed E-state index contributed by atoms with van der Waals surface area (Å²) in [5.74, 6) is 0.766. The van der Waals surface area contributed by atoms with Crippen LogP contribution >= 0.6 is 23.2 Å². The maximum atomic E-state index is 13.6. The molecule has 168 valence electrons. The monoisotopic (exact) mass is 470 g/mol. The second-order valence-electron chi connectivity index (χ2n) is 9.55. The lowest BCUT2D eigenvalue weighted by Gasteiger charge is -2.29. The molecule has 2 aromatic heterocycles. The fourth-order valence-electron chi connectivity index (χ4n) is 4.25. The van der Waals surface area contributed by atoms with Gasteiger partial charge in [0.05, 0.1) is 5.02 Å². The van der Waals surface area contributed by atoms with Crippen LogP contribution in [-0.4, -0.2) is 32.9 Å². The lowest BCUT2D eigenvalue weighted by Crippen LogP contribution is -2.36. The predicted molar refractivity (Wildman–Crippen MR) is 131 cm³/mol. The van der Waals surface area contributed by atoms with E-state index in [-0.39, 0.29) is 17.4 Å². The van der Waals surface area contributed by atoms with Crippen LogP contribution in [0.15, 0.2) is 48.8 Å². The fraction of sp³-hybridized carbons (Fsp3) is 0.360. The van der Waals surface area contributed by atoms with Crippen molar-refractivity contribution in [1.29, 1.82) is 0 Å². The summed E-state index contributed by atoms with van der Waals surface area (Å²) in [4.78, 5) is 19.9. The minimum Gasteiger partial charge on any atom is -0.368 e. The average Bonchev–Trinajstić information content (AvgIpc) is 3.07. The van der Waals surface area contributed by atoms with E-state index in [0.29, 0.717) is 28.8 Å². The molecule has 0 atom stereocenters. The Morgan fingerprint density at radius 1 is 1.16 bits per heavy atom. The number of aromatic nitrogens is 2. The van der Waals surface area contributed by atoms with E-state index in [9.17, 15) is 4.79 Å². The number of nitrogens with one attached hydrogen (secondary N) is 1. The molecular weight excluding hydrogens is 443 g/mol. The summed E-state index contributed by atoms with van der Waals surface area (Å²) in [5.41, 5.74) is 3.36. The van der Waals surface area contributed by atoms with Crippen molar-refractivity contribution < 1.29 is 4.79 Å². The number of hydrogen-bond acceptors (Lipinski definition) is 3. The fourth-order valence-corrected chi connectivity index (χ4v) is 4.67. The summed E-state index contributed by atoms with van der Waals surface area (Å²) in [7, 11) is 0. The second-order valence-corrected chi connectivity index (χ2v) is 10.4. The highest BCUT2D eigenvalue weighted by atomic mass is 35.5. The molecule has 0 saturated heterocycles. The zero-order chi connectivity index (χ0) is 23.0. The third-order valence-electron chi connectivity index (χ3n) is 5.49. The molecule has 4 rings (SSSR count). The highest BCUT2D eigenvalue weighted by molar-refractivity contribution is 6.33. The van der Waals surface area contributed by atoms with Crippen LogP contribution in [0.4, 0.5) is 5.82 Å². The number of carbonyl (C=O) groups is 1. The number of fused-ring (bicyclic) bond motifs is 1. The van der Waals surface area contributed by atoms with E-state index in [1.54, 1.807) is 6.20 Å². The molecule has 0 bridgehead atoms. The van der Waals surface area contributed by atoms with Crippen LogP contribution in [0.25, 0.3) is 11.1 Å². The molecule has 0 saturated carbocycles. The Kier molecular flexibility index (Phi) is 6.24. The predicted octanol–water partition coefficient (Wildman–Crippen LogP) is 6.36. The molecule has 5 nitrogen and oxygen atoms in total. The van der Waals surface area contributed by atoms with Gasteiger partial charge in [-0.1, -0.05) is 49.2 Å². The summed E-state index contributed by atoms with van der Waals surface area (Å²) in [6.45, 7) is 10.4. The molecule has 0 unspecified atom stereocenters. The lowest BCUT2D eigenvalue weighted by atomic mass is 9.92. The minimum atomic E-state index is -0.0951. The zero-order valence-electron chi connectivity index (χ0n) is 18.8. The SMILES string of the molecule is CC(C)Nc1cc(-c2cc3n(c2)CC(C)(C)CN(Cc2cccc(Cl)c2)C3=O)c(Cl)cn1. The molecule has 0 spiro atoms. The zero-order valence-corrected chi connectivity index (χ0v) is 20.3. The van der Waals surface area contributed by atoms with Gasteiger partial charge in [0.25, 0.3) is 5.91 Å². The Bertz CT molecular complexity index is 1150. The van der Waals surface area contributed by atoms with Gasteiger partial charge in [-0.3, -0.25) is 4.79 Å². The normalized spacial score (nSPS) is 15.6. The van der Waals surface area contributed by atoms with Crippen LogP contribution in [0.2, 0.25) is 10.0 Å². The summed E-state index contributed by atoms with van der Waals surface area (Å²) in [6.07, 6.45) is 3.68. The maximum absolute atomic E-state index is 13.6.